The van der Waals surface area contributed by atoms with Crippen molar-refractivity contribution in [3.05, 3.63) is 24.2 Å². The standard InChI is InChI=1S/C11H13NO3/c13-10-5-6-11(14)12(10)7-1-3-9-4-2-8-15-9/h2,4,8H,1,3,5-7H2. The number of carbonyl (C=O) groups excluding carboxylic acids is 2. The SMILES string of the molecule is O=C1CCC(=O)N1CCCc1ccco1. The van der Waals surface area contributed by atoms with Crippen LogP contribution in [0.4, 0.5) is 0 Å². The Morgan fingerprint density at radius 3 is 2.60 bits per heavy atom. The highest BCUT2D eigenvalue weighted by atomic mass is 16.3. The van der Waals surface area contributed by atoms with Crippen molar-refractivity contribution in [2.45, 2.75) is 25.7 Å². The second kappa shape index (κ2) is 4.29. The summed E-state index contributed by atoms with van der Waals surface area (Å²) in [6, 6.07) is 3.73. The molecule has 1 aliphatic heterocycles. The number of carbonyl (C=O) groups is 2. The zero-order chi connectivity index (χ0) is 10.7. The normalized spacial score (nSPS) is 16.4. The smallest absolute Gasteiger partial charge is 0.229 e. The second-order valence-corrected chi connectivity index (χ2v) is 3.62. The third kappa shape index (κ3) is 2.26. The van der Waals surface area contributed by atoms with Crippen molar-refractivity contribution in [1.82, 2.24) is 4.90 Å². The van der Waals surface area contributed by atoms with Gasteiger partial charge in [-0.2, -0.15) is 0 Å². The van der Waals surface area contributed by atoms with Crippen LogP contribution in [0.3, 0.4) is 0 Å². The van der Waals surface area contributed by atoms with Gasteiger partial charge in [-0.3, -0.25) is 14.5 Å². The van der Waals surface area contributed by atoms with E-state index in [0.29, 0.717) is 19.4 Å². The molecule has 0 N–H and O–H groups in total. The molecule has 0 aromatic carbocycles. The topological polar surface area (TPSA) is 50.5 Å². The minimum absolute atomic E-state index is 0.0422. The van der Waals surface area contributed by atoms with Crippen LogP contribution < -0.4 is 0 Å². The third-order valence-electron chi connectivity index (χ3n) is 2.54. The third-order valence-corrected chi connectivity index (χ3v) is 2.54. The minimum Gasteiger partial charge on any atom is -0.469 e. The molecule has 2 amide bonds. The van der Waals surface area contributed by atoms with E-state index in [1.165, 1.54) is 4.90 Å². The highest BCUT2D eigenvalue weighted by Gasteiger charge is 2.27. The predicted octanol–water partition coefficient (Wildman–Crippen LogP) is 1.36. The van der Waals surface area contributed by atoms with Gasteiger partial charge in [-0.05, 0) is 18.6 Å². The van der Waals surface area contributed by atoms with E-state index in [-0.39, 0.29) is 11.8 Å². The Balaban J connectivity index is 1.78. The Kier molecular flexibility index (Phi) is 2.85. The lowest BCUT2D eigenvalue weighted by atomic mass is 10.2. The molecule has 1 saturated heterocycles. The summed E-state index contributed by atoms with van der Waals surface area (Å²) in [5.74, 6) is 0.813. The Bertz CT molecular complexity index is 340. The van der Waals surface area contributed by atoms with Crippen molar-refractivity contribution >= 4 is 11.8 Å². The molecule has 0 radical (unpaired) electrons. The van der Waals surface area contributed by atoms with Crippen molar-refractivity contribution in [2.75, 3.05) is 6.54 Å². The molecule has 4 nitrogen and oxygen atoms in total. The summed E-state index contributed by atoms with van der Waals surface area (Å²) in [4.78, 5) is 23.9. The highest BCUT2D eigenvalue weighted by molar-refractivity contribution is 6.01. The maximum absolute atomic E-state index is 11.3. The van der Waals surface area contributed by atoms with Crippen molar-refractivity contribution in [2.24, 2.45) is 0 Å². The van der Waals surface area contributed by atoms with Crippen LogP contribution in [-0.4, -0.2) is 23.3 Å². The van der Waals surface area contributed by atoms with E-state index in [9.17, 15) is 9.59 Å². The first-order valence-electron chi connectivity index (χ1n) is 5.13. The van der Waals surface area contributed by atoms with E-state index >= 15 is 0 Å². The Hall–Kier alpha value is -1.58. The van der Waals surface area contributed by atoms with E-state index in [1.807, 2.05) is 12.1 Å². The maximum atomic E-state index is 11.3. The summed E-state index contributed by atoms with van der Waals surface area (Å²) >= 11 is 0. The molecule has 0 spiro atoms. The molecule has 80 valence electrons. The number of amides is 2. The number of furan rings is 1. The van der Waals surface area contributed by atoms with E-state index < -0.39 is 0 Å². The van der Waals surface area contributed by atoms with Gasteiger partial charge in [0.15, 0.2) is 0 Å². The van der Waals surface area contributed by atoms with Crippen LogP contribution >= 0.6 is 0 Å². The van der Waals surface area contributed by atoms with Gasteiger partial charge in [0, 0.05) is 25.8 Å². The van der Waals surface area contributed by atoms with Crippen LogP contribution in [0.15, 0.2) is 22.8 Å². The second-order valence-electron chi connectivity index (χ2n) is 3.62. The molecular weight excluding hydrogens is 194 g/mol. The lowest BCUT2D eigenvalue weighted by Gasteiger charge is -2.12. The van der Waals surface area contributed by atoms with Crippen LogP contribution in [0.2, 0.25) is 0 Å². The number of rotatable bonds is 4. The van der Waals surface area contributed by atoms with Gasteiger partial charge in [0.25, 0.3) is 0 Å². The molecule has 15 heavy (non-hydrogen) atoms. The molecule has 0 atom stereocenters. The predicted molar refractivity (Wildman–Crippen MR) is 53.0 cm³/mol. The van der Waals surface area contributed by atoms with Gasteiger partial charge in [0.1, 0.15) is 5.76 Å². The van der Waals surface area contributed by atoms with Crippen molar-refractivity contribution in [3.63, 3.8) is 0 Å². The molecule has 1 aromatic heterocycles. The fourth-order valence-corrected chi connectivity index (χ4v) is 1.74. The van der Waals surface area contributed by atoms with Gasteiger partial charge in [-0.25, -0.2) is 0 Å². The number of imide groups is 1. The molecule has 1 aromatic rings. The van der Waals surface area contributed by atoms with Gasteiger partial charge in [-0.15, -0.1) is 0 Å². The molecule has 0 unspecified atom stereocenters. The monoisotopic (exact) mass is 207 g/mol. The average molecular weight is 207 g/mol. The van der Waals surface area contributed by atoms with E-state index in [0.717, 1.165) is 18.6 Å². The summed E-state index contributed by atoms with van der Waals surface area (Å²) in [6.07, 6.45) is 3.91. The van der Waals surface area contributed by atoms with Crippen LogP contribution in [0.25, 0.3) is 0 Å². The quantitative estimate of drug-likeness (QED) is 0.700. The molecule has 4 heteroatoms. The molecule has 0 bridgehead atoms. The first-order chi connectivity index (χ1) is 7.27. The molecule has 0 saturated carbocycles. The minimum atomic E-state index is -0.0422. The summed E-state index contributed by atoms with van der Waals surface area (Å²) in [5.41, 5.74) is 0. The first-order valence-corrected chi connectivity index (χ1v) is 5.13. The van der Waals surface area contributed by atoms with E-state index in [2.05, 4.69) is 0 Å². The van der Waals surface area contributed by atoms with E-state index in [4.69, 9.17) is 4.42 Å². The summed E-state index contributed by atoms with van der Waals surface area (Å²) in [5, 5.41) is 0. The Labute approximate surface area is 87.9 Å². The van der Waals surface area contributed by atoms with Crippen LogP contribution in [-0.2, 0) is 16.0 Å². The molecule has 2 heterocycles. The van der Waals surface area contributed by atoms with Crippen LogP contribution in [0.1, 0.15) is 25.0 Å². The molecule has 1 fully saturated rings. The van der Waals surface area contributed by atoms with Crippen molar-refractivity contribution < 1.29 is 14.0 Å². The first kappa shape index (κ1) is 9.96. The zero-order valence-electron chi connectivity index (χ0n) is 8.44. The molecule has 1 aliphatic rings. The Morgan fingerprint density at radius 1 is 1.27 bits per heavy atom. The Morgan fingerprint density at radius 2 is 2.00 bits per heavy atom. The van der Waals surface area contributed by atoms with E-state index in [1.54, 1.807) is 6.26 Å². The highest BCUT2D eigenvalue weighted by Crippen LogP contribution is 2.13. The zero-order valence-corrected chi connectivity index (χ0v) is 8.44. The number of hydrogen-bond acceptors (Lipinski definition) is 3. The fourth-order valence-electron chi connectivity index (χ4n) is 1.74. The maximum Gasteiger partial charge on any atom is 0.229 e. The summed E-state index contributed by atoms with van der Waals surface area (Å²) < 4.78 is 5.16. The number of hydrogen-bond donors (Lipinski definition) is 0. The van der Waals surface area contributed by atoms with Crippen LogP contribution in [0.5, 0.6) is 0 Å². The lowest BCUT2D eigenvalue weighted by molar-refractivity contribution is -0.138. The summed E-state index contributed by atoms with van der Waals surface area (Å²) in [6.45, 7) is 0.512. The van der Waals surface area contributed by atoms with Gasteiger partial charge < -0.3 is 4.42 Å². The molecule has 0 aliphatic carbocycles. The van der Waals surface area contributed by atoms with Gasteiger partial charge in [-0.1, -0.05) is 0 Å². The van der Waals surface area contributed by atoms with Crippen molar-refractivity contribution in [3.8, 4) is 0 Å². The van der Waals surface area contributed by atoms with Gasteiger partial charge in [0.2, 0.25) is 11.8 Å². The number of aryl methyl sites for hydroxylation is 1. The number of nitrogens with zero attached hydrogens (tertiary/aromatic N) is 1. The average Bonchev–Trinajstić information content (AvgIpc) is 2.82. The summed E-state index contributed by atoms with van der Waals surface area (Å²) in [7, 11) is 0. The van der Waals surface area contributed by atoms with Gasteiger partial charge >= 0.3 is 0 Å². The molecule has 2 rings (SSSR count). The largest absolute Gasteiger partial charge is 0.469 e. The number of likely N-dealkylation sites (tertiary alicyclic amines) is 1. The van der Waals surface area contributed by atoms with Crippen LogP contribution in [0, 0.1) is 0 Å². The molecular formula is C11H13NO3. The fraction of sp³-hybridized carbons (Fsp3) is 0.455. The lowest BCUT2D eigenvalue weighted by Crippen LogP contribution is -2.30. The van der Waals surface area contributed by atoms with Crippen molar-refractivity contribution in [1.29, 1.82) is 0 Å². The van der Waals surface area contributed by atoms with Gasteiger partial charge in [0.05, 0.1) is 6.26 Å².